The van der Waals surface area contributed by atoms with Crippen molar-refractivity contribution in [1.82, 2.24) is 0 Å². The third-order valence-electron chi connectivity index (χ3n) is 3.28. The third kappa shape index (κ3) is 6.11. The molecule has 3 heteroatoms. The van der Waals surface area contributed by atoms with Gasteiger partial charge in [-0.2, -0.15) is 4.89 Å². The van der Waals surface area contributed by atoms with E-state index >= 15 is 0 Å². The van der Waals surface area contributed by atoms with Crippen LogP contribution < -0.4 is 0 Å². The number of rotatable bonds is 8. The SMILES string of the molecule is CCCCCC(=O)OOC(C)C(C)(C)CC. The highest BCUT2D eigenvalue weighted by Crippen LogP contribution is 2.27. The lowest BCUT2D eigenvalue weighted by Gasteiger charge is -2.28. The van der Waals surface area contributed by atoms with E-state index in [9.17, 15) is 4.79 Å². The van der Waals surface area contributed by atoms with E-state index in [0.717, 1.165) is 25.7 Å². The molecule has 1 atom stereocenters. The minimum atomic E-state index is -0.257. The maximum Gasteiger partial charge on any atom is 0.342 e. The second kappa shape index (κ2) is 7.66. The molecule has 0 aromatic heterocycles. The molecule has 0 amide bonds. The number of carbonyl (C=O) groups is 1. The standard InChI is InChI=1S/C13H26O3/c1-6-8-9-10-12(14)16-15-11(3)13(4,5)7-2/h11H,6-10H2,1-5H3. The quantitative estimate of drug-likeness (QED) is 0.361. The normalized spacial score (nSPS) is 13.6. The van der Waals surface area contributed by atoms with Crippen LogP contribution in [0, 0.1) is 5.41 Å². The van der Waals surface area contributed by atoms with Gasteiger partial charge in [-0.25, -0.2) is 4.79 Å². The zero-order valence-corrected chi connectivity index (χ0v) is 11.3. The van der Waals surface area contributed by atoms with Gasteiger partial charge < -0.3 is 0 Å². The molecule has 0 fully saturated rings. The van der Waals surface area contributed by atoms with E-state index in [1.165, 1.54) is 0 Å². The van der Waals surface area contributed by atoms with Crippen molar-refractivity contribution in [3.05, 3.63) is 0 Å². The highest BCUT2D eigenvalue weighted by molar-refractivity contribution is 5.68. The zero-order valence-electron chi connectivity index (χ0n) is 11.3. The summed E-state index contributed by atoms with van der Waals surface area (Å²) >= 11 is 0. The maximum absolute atomic E-state index is 11.3. The highest BCUT2D eigenvalue weighted by Gasteiger charge is 2.26. The van der Waals surface area contributed by atoms with E-state index in [1.807, 2.05) is 6.92 Å². The molecule has 0 radical (unpaired) electrons. The molecule has 0 aromatic rings. The Morgan fingerprint density at radius 1 is 1.25 bits per heavy atom. The predicted octanol–water partition coefficient (Wildman–Crippen LogP) is 3.87. The Morgan fingerprint density at radius 3 is 2.38 bits per heavy atom. The molecule has 16 heavy (non-hydrogen) atoms. The molecular formula is C13H26O3. The molecule has 0 saturated carbocycles. The van der Waals surface area contributed by atoms with E-state index in [4.69, 9.17) is 9.78 Å². The van der Waals surface area contributed by atoms with Crippen LogP contribution in [0.25, 0.3) is 0 Å². The molecule has 0 bridgehead atoms. The maximum atomic E-state index is 11.3. The average Bonchev–Trinajstić information content (AvgIpc) is 2.26. The Labute approximate surface area is 99.4 Å². The van der Waals surface area contributed by atoms with Crippen LogP contribution in [-0.4, -0.2) is 12.1 Å². The molecule has 1 unspecified atom stereocenters. The fourth-order valence-corrected chi connectivity index (χ4v) is 1.10. The van der Waals surface area contributed by atoms with Crippen molar-refractivity contribution in [2.24, 2.45) is 5.41 Å². The van der Waals surface area contributed by atoms with E-state index in [0.29, 0.717) is 6.42 Å². The second-order valence-corrected chi connectivity index (χ2v) is 4.99. The lowest BCUT2D eigenvalue weighted by atomic mass is 9.85. The van der Waals surface area contributed by atoms with Gasteiger partial charge in [0.25, 0.3) is 0 Å². The van der Waals surface area contributed by atoms with Gasteiger partial charge >= 0.3 is 5.97 Å². The van der Waals surface area contributed by atoms with Crippen LogP contribution in [0.3, 0.4) is 0 Å². The minimum absolute atomic E-state index is 0.0314. The first-order chi connectivity index (χ1) is 7.44. The first-order valence-corrected chi connectivity index (χ1v) is 6.30. The van der Waals surface area contributed by atoms with Crippen molar-refractivity contribution in [3.63, 3.8) is 0 Å². The fourth-order valence-electron chi connectivity index (χ4n) is 1.10. The van der Waals surface area contributed by atoms with Crippen molar-refractivity contribution in [3.8, 4) is 0 Å². The first kappa shape index (κ1) is 15.4. The summed E-state index contributed by atoms with van der Waals surface area (Å²) in [6.07, 6.45) is 4.41. The molecule has 0 spiro atoms. The van der Waals surface area contributed by atoms with Crippen LogP contribution in [-0.2, 0) is 14.6 Å². The summed E-state index contributed by atoms with van der Waals surface area (Å²) in [5, 5.41) is 0. The summed E-state index contributed by atoms with van der Waals surface area (Å²) in [5.74, 6) is -0.257. The lowest BCUT2D eigenvalue weighted by molar-refractivity contribution is -0.311. The summed E-state index contributed by atoms with van der Waals surface area (Å²) in [6, 6.07) is 0. The van der Waals surface area contributed by atoms with E-state index in [1.54, 1.807) is 0 Å². The number of carbonyl (C=O) groups excluding carboxylic acids is 1. The van der Waals surface area contributed by atoms with E-state index in [-0.39, 0.29) is 17.5 Å². The van der Waals surface area contributed by atoms with Crippen LogP contribution in [0.15, 0.2) is 0 Å². The van der Waals surface area contributed by atoms with Gasteiger partial charge in [-0.3, -0.25) is 4.89 Å². The van der Waals surface area contributed by atoms with Crippen molar-refractivity contribution < 1.29 is 14.6 Å². The molecule has 0 saturated heterocycles. The summed E-state index contributed by atoms with van der Waals surface area (Å²) in [6.45, 7) is 10.3. The van der Waals surface area contributed by atoms with Gasteiger partial charge in [-0.05, 0) is 25.2 Å². The molecule has 96 valence electrons. The van der Waals surface area contributed by atoms with Crippen LogP contribution in [0.2, 0.25) is 0 Å². The number of hydrogen-bond donors (Lipinski definition) is 0. The molecular weight excluding hydrogens is 204 g/mol. The van der Waals surface area contributed by atoms with Gasteiger partial charge in [-0.15, -0.1) is 0 Å². The predicted molar refractivity (Wildman–Crippen MR) is 64.9 cm³/mol. The summed E-state index contributed by atoms with van der Waals surface area (Å²) < 4.78 is 0. The Hall–Kier alpha value is -0.570. The molecule has 0 aliphatic heterocycles. The van der Waals surface area contributed by atoms with Crippen molar-refractivity contribution in [1.29, 1.82) is 0 Å². The average molecular weight is 230 g/mol. The molecule has 3 nitrogen and oxygen atoms in total. The van der Waals surface area contributed by atoms with Gasteiger partial charge in [-0.1, -0.05) is 40.5 Å². The molecule has 0 aromatic carbocycles. The van der Waals surface area contributed by atoms with Crippen molar-refractivity contribution >= 4 is 5.97 Å². The molecule has 0 aliphatic rings. The van der Waals surface area contributed by atoms with Crippen LogP contribution in [0.4, 0.5) is 0 Å². The summed E-state index contributed by atoms with van der Waals surface area (Å²) in [4.78, 5) is 21.2. The fraction of sp³-hybridized carbons (Fsp3) is 0.923. The van der Waals surface area contributed by atoms with Crippen LogP contribution in [0.1, 0.15) is 66.7 Å². The monoisotopic (exact) mass is 230 g/mol. The van der Waals surface area contributed by atoms with Gasteiger partial charge in [0.2, 0.25) is 0 Å². The largest absolute Gasteiger partial charge is 0.342 e. The second-order valence-electron chi connectivity index (χ2n) is 4.99. The van der Waals surface area contributed by atoms with Gasteiger partial charge in [0.05, 0.1) is 0 Å². The van der Waals surface area contributed by atoms with Gasteiger partial charge in [0.15, 0.2) is 0 Å². The molecule has 0 rings (SSSR count). The van der Waals surface area contributed by atoms with Crippen LogP contribution in [0.5, 0.6) is 0 Å². The Bertz CT molecular complexity index is 199. The lowest BCUT2D eigenvalue weighted by Crippen LogP contribution is -2.29. The number of hydrogen-bond acceptors (Lipinski definition) is 3. The van der Waals surface area contributed by atoms with Gasteiger partial charge in [0, 0.05) is 6.42 Å². The van der Waals surface area contributed by atoms with E-state index < -0.39 is 0 Å². The zero-order chi connectivity index (χ0) is 12.6. The highest BCUT2D eigenvalue weighted by atomic mass is 17.2. The summed E-state index contributed by atoms with van der Waals surface area (Å²) in [7, 11) is 0. The molecule has 0 N–H and O–H groups in total. The first-order valence-electron chi connectivity index (χ1n) is 6.30. The summed E-state index contributed by atoms with van der Waals surface area (Å²) in [5.41, 5.74) is 0.0314. The number of unbranched alkanes of at least 4 members (excludes halogenated alkanes) is 2. The van der Waals surface area contributed by atoms with Gasteiger partial charge in [0.1, 0.15) is 6.10 Å². The minimum Gasteiger partial charge on any atom is -0.298 e. The van der Waals surface area contributed by atoms with Crippen LogP contribution >= 0.6 is 0 Å². The third-order valence-corrected chi connectivity index (χ3v) is 3.28. The van der Waals surface area contributed by atoms with E-state index in [2.05, 4.69) is 27.7 Å². The topological polar surface area (TPSA) is 35.5 Å². The Morgan fingerprint density at radius 2 is 1.88 bits per heavy atom. The Kier molecular flexibility index (Phi) is 7.39. The molecule has 0 heterocycles. The Balaban J connectivity index is 3.75. The smallest absolute Gasteiger partial charge is 0.298 e. The molecule has 0 aliphatic carbocycles. The van der Waals surface area contributed by atoms with Crippen molar-refractivity contribution in [2.75, 3.05) is 0 Å². The van der Waals surface area contributed by atoms with Crippen molar-refractivity contribution in [2.45, 2.75) is 72.8 Å².